The van der Waals surface area contributed by atoms with Crippen molar-refractivity contribution < 1.29 is 13.2 Å². The first kappa shape index (κ1) is 14.7. The van der Waals surface area contributed by atoms with Gasteiger partial charge in [-0.3, -0.25) is 0 Å². The molecule has 1 rings (SSSR count). The molecule has 8 heteroatoms. The lowest BCUT2D eigenvalue weighted by molar-refractivity contribution is -0.0328. The molecule has 0 atom stereocenters. The molecule has 0 bridgehead atoms. The molecule has 17 heavy (non-hydrogen) atoms. The lowest BCUT2D eigenvalue weighted by Gasteiger charge is -2.07. The van der Waals surface area contributed by atoms with E-state index in [1.807, 2.05) is 0 Å². The van der Waals surface area contributed by atoms with E-state index < -0.39 is 5.51 Å². The van der Waals surface area contributed by atoms with Crippen molar-refractivity contribution in [3.63, 3.8) is 0 Å². The van der Waals surface area contributed by atoms with E-state index in [0.29, 0.717) is 10.2 Å². The molecule has 94 valence electrons. The average molecular weight is 348 g/mol. The van der Waals surface area contributed by atoms with E-state index in [1.165, 1.54) is 18.2 Å². The number of hydrogen-bond acceptors (Lipinski definition) is 2. The fraction of sp³-hybridized carbons (Fsp3) is 0.222. The first-order valence-corrected chi connectivity index (χ1v) is 6.40. The van der Waals surface area contributed by atoms with Crippen LogP contribution >= 0.6 is 39.3 Å². The molecule has 0 saturated heterocycles. The number of hydrogen-bond donors (Lipinski definition) is 1. The van der Waals surface area contributed by atoms with Crippen LogP contribution in [-0.4, -0.2) is 17.2 Å². The quantitative estimate of drug-likeness (QED) is 0.383. The number of alkyl halides is 4. The Morgan fingerprint density at radius 2 is 2.12 bits per heavy atom. The summed E-state index contributed by atoms with van der Waals surface area (Å²) < 4.78 is 36.8. The third kappa shape index (κ3) is 5.18. The van der Waals surface area contributed by atoms with Crippen LogP contribution in [0.3, 0.4) is 0 Å². The number of aliphatic imine (C=N–C) groups is 1. The smallest absolute Gasteiger partial charge is 0.386 e. The highest BCUT2D eigenvalue weighted by atomic mass is 79.9. The van der Waals surface area contributed by atoms with Crippen molar-refractivity contribution in [3.05, 3.63) is 22.7 Å². The highest BCUT2D eigenvalue weighted by Crippen LogP contribution is 2.39. The number of nitrogens with two attached hydrogens (primary N) is 1. The van der Waals surface area contributed by atoms with Crippen molar-refractivity contribution in [1.82, 2.24) is 0 Å². The molecule has 2 nitrogen and oxygen atoms in total. The van der Waals surface area contributed by atoms with Crippen LogP contribution in [-0.2, 0) is 0 Å². The molecular weight excluding hydrogens is 341 g/mol. The second kappa shape index (κ2) is 5.97. The van der Waals surface area contributed by atoms with Crippen LogP contribution in [0.1, 0.15) is 0 Å². The zero-order valence-corrected chi connectivity index (χ0v) is 11.4. The Morgan fingerprint density at radius 3 is 2.59 bits per heavy atom. The molecule has 0 amide bonds. The second-order valence-corrected chi connectivity index (χ2v) is 5.16. The number of nitrogens with zero attached hydrogens (tertiary/aromatic N) is 1. The van der Waals surface area contributed by atoms with Gasteiger partial charge in [0, 0.05) is 9.37 Å². The number of thioether (sulfide) groups is 1. The molecule has 0 aliphatic carbocycles. The van der Waals surface area contributed by atoms with Gasteiger partial charge in [-0.2, -0.15) is 13.2 Å². The molecule has 0 heterocycles. The van der Waals surface area contributed by atoms with Crippen molar-refractivity contribution in [3.8, 4) is 0 Å². The van der Waals surface area contributed by atoms with Crippen molar-refractivity contribution in [2.45, 2.75) is 10.4 Å². The minimum absolute atomic E-state index is 0.0610. The van der Waals surface area contributed by atoms with Crippen LogP contribution in [0.5, 0.6) is 0 Å². The number of benzene rings is 1. The first-order valence-electron chi connectivity index (χ1n) is 4.26. The standard InChI is InChI=1S/C9H7BrClF3N2S/c10-6-3-5(17-9(12,13)14)1-2-7(6)16-8(15)4-11/h1-3H,4H2,(H2,15,16). The molecule has 0 spiro atoms. The van der Waals surface area contributed by atoms with Crippen LogP contribution in [0.15, 0.2) is 32.6 Å². The summed E-state index contributed by atoms with van der Waals surface area (Å²) in [4.78, 5) is 4.02. The molecule has 2 N–H and O–H groups in total. The van der Waals surface area contributed by atoms with Crippen LogP contribution in [0.4, 0.5) is 18.9 Å². The summed E-state index contributed by atoms with van der Waals surface area (Å²) in [7, 11) is 0. The zero-order valence-electron chi connectivity index (χ0n) is 8.26. The van der Waals surface area contributed by atoms with E-state index in [2.05, 4.69) is 20.9 Å². The Labute approximate surface area is 114 Å². The maximum atomic E-state index is 12.1. The minimum Gasteiger partial charge on any atom is -0.386 e. The van der Waals surface area contributed by atoms with Gasteiger partial charge in [-0.05, 0) is 45.9 Å². The Hall–Kier alpha value is -0.400. The average Bonchev–Trinajstić information content (AvgIpc) is 2.19. The first-order chi connectivity index (χ1) is 7.81. The van der Waals surface area contributed by atoms with Gasteiger partial charge in [-0.25, -0.2) is 4.99 Å². The maximum Gasteiger partial charge on any atom is 0.446 e. The van der Waals surface area contributed by atoms with Gasteiger partial charge >= 0.3 is 5.51 Å². The Kier molecular flexibility index (Phi) is 5.15. The Bertz CT molecular complexity index is 437. The van der Waals surface area contributed by atoms with Gasteiger partial charge in [-0.1, -0.05) is 0 Å². The van der Waals surface area contributed by atoms with Crippen LogP contribution in [0.25, 0.3) is 0 Å². The third-order valence-corrected chi connectivity index (χ3v) is 3.18. The molecule has 0 unspecified atom stereocenters. The van der Waals surface area contributed by atoms with E-state index >= 15 is 0 Å². The highest BCUT2D eigenvalue weighted by Gasteiger charge is 2.29. The van der Waals surface area contributed by atoms with Gasteiger partial charge in [0.1, 0.15) is 5.84 Å². The summed E-state index contributed by atoms with van der Waals surface area (Å²) in [5.74, 6) is 0.259. The third-order valence-electron chi connectivity index (χ3n) is 1.55. The normalized spacial score (nSPS) is 12.9. The molecule has 0 aliphatic heterocycles. The topological polar surface area (TPSA) is 38.4 Å². The van der Waals surface area contributed by atoms with Crippen LogP contribution in [0, 0.1) is 0 Å². The summed E-state index contributed by atoms with van der Waals surface area (Å²) in [6, 6.07) is 4.10. The largest absolute Gasteiger partial charge is 0.446 e. The molecule has 0 saturated carbocycles. The highest BCUT2D eigenvalue weighted by molar-refractivity contribution is 9.10. The van der Waals surface area contributed by atoms with Gasteiger partial charge in [0.15, 0.2) is 0 Å². The van der Waals surface area contributed by atoms with Crippen LogP contribution in [0.2, 0.25) is 0 Å². The van der Waals surface area contributed by atoms with Gasteiger partial charge in [-0.15, -0.1) is 11.6 Å². The zero-order chi connectivity index (χ0) is 13.1. The fourth-order valence-electron chi connectivity index (χ4n) is 0.960. The molecule has 0 fully saturated rings. The number of amidine groups is 1. The predicted octanol–water partition coefficient (Wildman–Crippen LogP) is 4.29. The van der Waals surface area contributed by atoms with Crippen LogP contribution < -0.4 is 5.73 Å². The fourth-order valence-corrected chi connectivity index (χ4v) is 2.22. The van der Waals surface area contributed by atoms with Gasteiger partial charge < -0.3 is 5.73 Å². The van der Waals surface area contributed by atoms with Crippen molar-refractivity contribution >= 4 is 50.8 Å². The minimum atomic E-state index is -4.31. The summed E-state index contributed by atoms with van der Waals surface area (Å²) in [6.07, 6.45) is 0. The summed E-state index contributed by atoms with van der Waals surface area (Å²) >= 11 is 8.39. The van der Waals surface area contributed by atoms with E-state index in [0.717, 1.165) is 0 Å². The van der Waals surface area contributed by atoms with Crippen molar-refractivity contribution in [1.29, 1.82) is 0 Å². The molecule has 0 radical (unpaired) electrons. The SMILES string of the molecule is NC(CCl)=Nc1ccc(SC(F)(F)F)cc1Br. The van der Waals surface area contributed by atoms with Crippen molar-refractivity contribution in [2.75, 3.05) is 5.88 Å². The van der Waals surface area contributed by atoms with Gasteiger partial charge in [0.2, 0.25) is 0 Å². The van der Waals surface area contributed by atoms with E-state index in [4.69, 9.17) is 17.3 Å². The van der Waals surface area contributed by atoms with E-state index in [-0.39, 0.29) is 28.4 Å². The number of rotatable bonds is 3. The second-order valence-electron chi connectivity index (χ2n) is 2.90. The van der Waals surface area contributed by atoms with E-state index in [9.17, 15) is 13.2 Å². The van der Waals surface area contributed by atoms with E-state index in [1.54, 1.807) is 0 Å². The van der Waals surface area contributed by atoms with Crippen molar-refractivity contribution in [2.24, 2.45) is 10.7 Å². The molecular formula is C9H7BrClF3N2S. The summed E-state index contributed by atoms with van der Waals surface area (Å²) in [5, 5.41) is 0. The summed E-state index contributed by atoms with van der Waals surface area (Å²) in [5.41, 5.74) is 1.56. The lowest BCUT2D eigenvalue weighted by atomic mass is 10.3. The molecule has 1 aromatic carbocycles. The molecule has 0 aliphatic rings. The van der Waals surface area contributed by atoms with Gasteiger partial charge in [0.05, 0.1) is 11.6 Å². The lowest BCUT2D eigenvalue weighted by Crippen LogP contribution is -2.12. The maximum absolute atomic E-state index is 12.1. The molecule has 1 aromatic rings. The Balaban J connectivity index is 2.94. The predicted molar refractivity (Wildman–Crippen MR) is 68.1 cm³/mol. The molecule has 0 aromatic heterocycles. The monoisotopic (exact) mass is 346 g/mol. The number of halogens is 5. The van der Waals surface area contributed by atoms with Gasteiger partial charge in [0.25, 0.3) is 0 Å². The summed E-state index contributed by atoms with van der Waals surface area (Å²) in [6.45, 7) is 0. The Morgan fingerprint density at radius 1 is 1.47 bits per heavy atom.